The fraction of sp³-hybridized carbons (Fsp3) is 0.533. The van der Waals surface area contributed by atoms with E-state index >= 15 is 0 Å². The number of nitrogens with one attached hydrogen (secondary N) is 1. The zero-order valence-corrected chi connectivity index (χ0v) is 11.6. The molecule has 0 aliphatic heterocycles. The highest BCUT2D eigenvalue weighted by Crippen LogP contribution is 2.32. The molecule has 1 aliphatic rings. The molecule has 1 aliphatic carbocycles. The summed E-state index contributed by atoms with van der Waals surface area (Å²) in [5, 5.41) is 12.4. The van der Waals surface area contributed by atoms with Crippen LogP contribution in [-0.2, 0) is 11.2 Å². The molecule has 2 rings (SSSR count). The average Bonchev–Trinajstić information content (AvgIpc) is 2.63. The lowest BCUT2D eigenvalue weighted by Gasteiger charge is -2.24. The van der Waals surface area contributed by atoms with Gasteiger partial charge in [-0.25, -0.2) is 4.79 Å². The number of aliphatic hydroxyl groups is 1. The quantitative estimate of drug-likeness (QED) is 0.860. The van der Waals surface area contributed by atoms with Crippen LogP contribution in [0, 0.1) is 0 Å². The summed E-state index contributed by atoms with van der Waals surface area (Å²) in [5.41, 5.74) is 1.79. The van der Waals surface area contributed by atoms with E-state index in [2.05, 4.69) is 5.32 Å². The Kier molecular flexibility index (Phi) is 3.80. The normalized spacial score (nSPS) is 21.9. The first kappa shape index (κ1) is 13.9. The van der Waals surface area contributed by atoms with Crippen LogP contribution >= 0.6 is 0 Å². The molecule has 0 heterocycles. The molecule has 0 saturated heterocycles. The minimum absolute atomic E-state index is 0.0253. The SMILES string of the molecule is CC(C)(C)OC(=O)NC1Cc2ccccc2C1CO. The van der Waals surface area contributed by atoms with Gasteiger partial charge in [-0.1, -0.05) is 24.3 Å². The molecule has 0 saturated carbocycles. The van der Waals surface area contributed by atoms with E-state index in [0.29, 0.717) is 0 Å². The summed E-state index contributed by atoms with van der Waals surface area (Å²) < 4.78 is 5.26. The van der Waals surface area contributed by atoms with Gasteiger partial charge in [-0.05, 0) is 38.3 Å². The Labute approximate surface area is 113 Å². The Bertz CT molecular complexity index is 465. The van der Waals surface area contributed by atoms with Gasteiger partial charge in [0.25, 0.3) is 0 Å². The van der Waals surface area contributed by atoms with Gasteiger partial charge in [0.05, 0.1) is 6.61 Å². The van der Waals surface area contributed by atoms with Crippen molar-refractivity contribution < 1.29 is 14.6 Å². The highest BCUT2D eigenvalue weighted by molar-refractivity contribution is 5.68. The van der Waals surface area contributed by atoms with Crippen molar-refractivity contribution in [2.75, 3.05) is 6.61 Å². The molecule has 0 radical (unpaired) electrons. The molecule has 4 nitrogen and oxygen atoms in total. The van der Waals surface area contributed by atoms with Gasteiger partial charge >= 0.3 is 6.09 Å². The number of amides is 1. The van der Waals surface area contributed by atoms with Crippen molar-refractivity contribution in [2.45, 2.75) is 44.8 Å². The van der Waals surface area contributed by atoms with Crippen molar-refractivity contribution >= 4 is 6.09 Å². The summed E-state index contributed by atoms with van der Waals surface area (Å²) in [6.45, 7) is 5.52. The third-order valence-electron chi connectivity index (χ3n) is 3.28. The lowest BCUT2D eigenvalue weighted by atomic mass is 10.00. The molecular weight excluding hydrogens is 242 g/mol. The smallest absolute Gasteiger partial charge is 0.407 e. The van der Waals surface area contributed by atoms with E-state index in [0.717, 1.165) is 12.0 Å². The number of hydrogen-bond donors (Lipinski definition) is 2. The topological polar surface area (TPSA) is 58.6 Å². The van der Waals surface area contributed by atoms with Gasteiger partial charge in [0, 0.05) is 12.0 Å². The van der Waals surface area contributed by atoms with Crippen LogP contribution in [-0.4, -0.2) is 29.4 Å². The van der Waals surface area contributed by atoms with Gasteiger partial charge in [0.1, 0.15) is 5.60 Å². The van der Waals surface area contributed by atoms with Crippen LogP contribution in [0.15, 0.2) is 24.3 Å². The number of alkyl carbamates (subject to hydrolysis) is 1. The summed E-state index contributed by atoms with van der Waals surface area (Å²) >= 11 is 0. The minimum Gasteiger partial charge on any atom is -0.444 e. The van der Waals surface area contributed by atoms with Gasteiger partial charge in [-0.3, -0.25) is 0 Å². The zero-order valence-electron chi connectivity index (χ0n) is 11.6. The van der Waals surface area contributed by atoms with E-state index in [1.807, 2.05) is 45.0 Å². The monoisotopic (exact) mass is 263 g/mol. The molecule has 2 N–H and O–H groups in total. The molecule has 2 atom stereocenters. The molecule has 1 aromatic carbocycles. The fourth-order valence-electron chi connectivity index (χ4n) is 2.51. The van der Waals surface area contributed by atoms with E-state index in [9.17, 15) is 9.90 Å². The number of fused-ring (bicyclic) bond motifs is 1. The summed E-state index contributed by atoms with van der Waals surface area (Å²) in [6.07, 6.45) is 0.310. The van der Waals surface area contributed by atoms with E-state index in [-0.39, 0.29) is 18.6 Å². The number of carbonyl (C=O) groups is 1. The van der Waals surface area contributed by atoms with Gasteiger partial charge in [-0.2, -0.15) is 0 Å². The van der Waals surface area contributed by atoms with Crippen LogP contribution in [0.2, 0.25) is 0 Å². The number of rotatable bonds is 2. The maximum Gasteiger partial charge on any atom is 0.407 e. The second-order valence-electron chi connectivity index (χ2n) is 5.94. The molecule has 0 aromatic heterocycles. The molecule has 19 heavy (non-hydrogen) atoms. The first-order valence-electron chi connectivity index (χ1n) is 6.59. The number of aliphatic hydroxyl groups excluding tert-OH is 1. The molecule has 2 unspecified atom stereocenters. The van der Waals surface area contributed by atoms with Gasteiger partial charge in [0.15, 0.2) is 0 Å². The van der Waals surface area contributed by atoms with Crippen LogP contribution in [0.1, 0.15) is 37.8 Å². The third kappa shape index (κ3) is 3.26. The standard InChI is InChI=1S/C15H21NO3/c1-15(2,3)19-14(18)16-13-8-10-6-4-5-7-11(10)12(13)9-17/h4-7,12-13,17H,8-9H2,1-3H3,(H,16,18). The summed E-state index contributed by atoms with van der Waals surface area (Å²) in [4.78, 5) is 11.8. The Balaban J connectivity index is 2.05. The maximum absolute atomic E-state index is 11.8. The van der Waals surface area contributed by atoms with E-state index in [4.69, 9.17) is 4.74 Å². The van der Waals surface area contributed by atoms with Gasteiger partial charge in [0.2, 0.25) is 0 Å². The average molecular weight is 263 g/mol. The molecule has 1 amide bonds. The summed E-state index contributed by atoms with van der Waals surface area (Å²) in [5.74, 6) is -0.0521. The largest absolute Gasteiger partial charge is 0.444 e. The van der Waals surface area contributed by atoms with E-state index < -0.39 is 11.7 Å². The predicted octanol–water partition coefficient (Wildman–Crippen LogP) is 2.21. The highest BCUT2D eigenvalue weighted by Gasteiger charge is 2.33. The van der Waals surface area contributed by atoms with E-state index in [1.165, 1.54) is 5.56 Å². The summed E-state index contributed by atoms with van der Waals surface area (Å²) in [6, 6.07) is 7.87. The molecule has 1 aromatic rings. The van der Waals surface area contributed by atoms with Crippen molar-refractivity contribution in [3.63, 3.8) is 0 Å². The molecule has 4 heteroatoms. The second-order valence-corrected chi connectivity index (χ2v) is 5.94. The predicted molar refractivity (Wildman–Crippen MR) is 73.1 cm³/mol. The number of ether oxygens (including phenoxy) is 1. The molecular formula is C15H21NO3. The Hall–Kier alpha value is -1.55. The summed E-state index contributed by atoms with van der Waals surface area (Å²) in [7, 11) is 0. The third-order valence-corrected chi connectivity index (χ3v) is 3.28. The lowest BCUT2D eigenvalue weighted by molar-refractivity contribution is 0.0493. The van der Waals surface area contributed by atoms with E-state index in [1.54, 1.807) is 0 Å². The maximum atomic E-state index is 11.8. The van der Waals surface area contributed by atoms with Crippen molar-refractivity contribution in [1.29, 1.82) is 0 Å². The van der Waals surface area contributed by atoms with Gasteiger partial charge < -0.3 is 15.2 Å². The Morgan fingerprint density at radius 3 is 2.74 bits per heavy atom. The highest BCUT2D eigenvalue weighted by atomic mass is 16.6. The van der Waals surface area contributed by atoms with Crippen LogP contribution < -0.4 is 5.32 Å². The minimum atomic E-state index is -0.510. The fourth-order valence-corrected chi connectivity index (χ4v) is 2.51. The zero-order chi connectivity index (χ0) is 14.0. The number of carbonyl (C=O) groups excluding carboxylic acids is 1. The number of hydrogen-bond acceptors (Lipinski definition) is 3. The lowest BCUT2D eigenvalue weighted by Crippen LogP contribution is -2.42. The van der Waals surface area contributed by atoms with Crippen LogP contribution in [0.25, 0.3) is 0 Å². The first-order valence-corrected chi connectivity index (χ1v) is 6.59. The second kappa shape index (κ2) is 5.21. The van der Waals surface area contributed by atoms with Crippen molar-refractivity contribution in [3.05, 3.63) is 35.4 Å². The van der Waals surface area contributed by atoms with Crippen molar-refractivity contribution in [2.24, 2.45) is 0 Å². The molecule has 0 fully saturated rings. The van der Waals surface area contributed by atoms with Gasteiger partial charge in [-0.15, -0.1) is 0 Å². The first-order chi connectivity index (χ1) is 8.90. The van der Waals surface area contributed by atoms with Crippen molar-refractivity contribution in [3.8, 4) is 0 Å². The Morgan fingerprint density at radius 2 is 2.11 bits per heavy atom. The van der Waals surface area contributed by atoms with Crippen LogP contribution in [0.4, 0.5) is 4.79 Å². The molecule has 0 spiro atoms. The Morgan fingerprint density at radius 1 is 1.42 bits per heavy atom. The van der Waals surface area contributed by atoms with Crippen LogP contribution in [0.5, 0.6) is 0 Å². The molecule has 0 bridgehead atoms. The van der Waals surface area contributed by atoms with Crippen LogP contribution in [0.3, 0.4) is 0 Å². The molecule has 104 valence electrons. The number of benzene rings is 1. The van der Waals surface area contributed by atoms with Crippen molar-refractivity contribution in [1.82, 2.24) is 5.32 Å².